The van der Waals surface area contributed by atoms with Crippen molar-refractivity contribution in [1.29, 1.82) is 0 Å². The van der Waals surface area contributed by atoms with E-state index in [-0.39, 0.29) is 11.7 Å². The van der Waals surface area contributed by atoms with Gasteiger partial charge in [0.05, 0.1) is 6.54 Å². The molecule has 0 bridgehead atoms. The lowest BCUT2D eigenvalue weighted by atomic mass is 9.98. The molecule has 1 aliphatic carbocycles. The van der Waals surface area contributed by atoms with Gasteiger partial charge in [-0.05, 0) is 32.6 Å². The lowest BCUT2D eigenvalue weighted by molar-refractivity contribution is -0.192. The SMILES string of the molecule is CC#CCn1c(N2CCNCC2)nc2nc(OC3CCCCC3)n(C)c(=O)c21.O=C(O)C(F)(F)F. The quantitative estimate of drug-likeness (QED) is 0.615. The van der Waals surface area contributed by atoms with E-state index in [2.05, 4.69) is 27.0 Å². The summed E-state index contributed by atoms with van der Waals surface area (Å²) in [5, 5.41) is 10.5. The van der Waals surface area contributed by atoms with Gasteiger partial charge in [-0.3, -0.25) is 13.9 Å². The predicted octanol–water partition coefficient (Wildman–Crippen LogP) is 1.91. The molecule has 3 heterocycles. The van der Waals surface area contributed by atoms with Crippen molar-refractivity contribution >= 4 is 23.1 Å². The molecule has 10 nitrogen and oxygen atoms in total. The van der Waals surface area contributed by atoms with Crippen LogP contribution in [0.4, 0.5) is 19.1 Å². The summed E-state index contributed by atoms with van der Waals surface area (Å²) >= 11 is 0. The molecule has 0 radical (unpaired) electrons. The zero-order valence-electron chi connectivity index (χ0n) is 19.7. The van der Waals surface area contributed by atoms with E-state index in [1.807, 2.05) is 4.57 Å². The molecule has 0 atom stereocenters. The molecule has 2 N–H and O–H groups in total. The van der Waals surface area contributed by atoms with Gasteiger partial charge < -0.3 is 20.1 Å². The zero-order valence-corrected chi connectivity index (χ0v) is 19.7. The van der Waals surface area contributed by atoms with Crippen LogP contribution in [-0.2, 0) is 18.4 Å². The number of rotatable bonds is 4. The smallest absolute Gasteiger partial charge is 0.475 e. The number of alkyl halides is 3. The lowest BCUT2D eigenvalue weighted by Gasteiger charge is -2.28. The van der Waals surface area contributed by atoms with Crippen LogP contribution < -0.4 is 20.5 Å². The minimum absolute atomic E-state index is 0.130. The van der Waals surface area contributed by atoms with Gasteiger partial charge >= 0.3 is 18.2 Å². The standard InChI is InChI=1S/C20H28N6O2.C2HF3O2/c1-3-4-12-26-16-17(22-19(26)25-13-10-21-11-14-25)23-20(24(2)18(16)27)28-15-8-6-5-7-9-15;3-2(4,5)1(6)7/h15,21H,5-14H2,1-2H3;(H,6,7). The molecule has 0 spiro atoms. The molecule has 2 fully saturated rings. The molecule has 2 aromatic heterocycles. The summed E-state index contributed by atoms with van der Waals surface area (Å²) in [6, 6.07) is 0.363. The van der Waals surface area contributed by atoms with Crippen LogP contribution in [0.5, 0.6) is 6.01 Å². The Hall–Kier alpha value is -3.27. The van der Waals surface area contributed by atoms with Crippen LogP contribution in [0.25, 0.3) is 11.2 Å². The number of imidazole rings is 1. The molecule has 1 aliphatic heterocycles. The zero-order chi connectivity index (χ0) is 25.6. The molecule has 2 aliphatic rings. The monoisotopic (exact) mass is 498 g/mol. The molecule has 13 heteroatoms. The van der Waals surface area contributed by atoms with E-state index in [4.69, 9.17) is 19.6 Å². The fourth-order valence-electron chi connectivity index (χ4n) is 3.98. The van der Waals surface area contributed by atoms with Crippen LogP contribution in [0.15, 0.2) is 4.79 Å². The number of hydrogen-bond donors (Lipinski definition) is 2. The first-order valence-corrected chi connectivity index (χ1v) is 11.4. The maximum atomic E-state index is 13.2. The van der Waals surface area contributed by atoms with E-state index in [1.54, 1.807) is 14.0 Å². The van der Waals surface area contributed by atoms with Crippen molar-refractivity contribution in [3.8, 4) is 17.9 Å². The van der Waals surface area contributed by atoms with Gasteiger partial charge in [0.1, 0.15) is 6.10 Å². The van der Waals surface area contributed by atoms with Gasteiger partial charge in [-0.15, -0.1) is 5.92 Å². The average Bonchev–Trinajstić information content (AvgIpc) is 3.20. The number of carboxylic acids is 1. The van der Waals surface area contributed by atoms with Crippen molar-refractivity contribution in [2.45, 2.75) is 57.9 Å². The highest BCUT2D eigenvalue weighted by molar-refractivity contribution is 5.75. The molecule has 2 aromatic rings. The fourth-order valence-corrected chi connectivity index (χ4v) is 3.98. The van der Waals surface area contributed by atoms with Gasteiger partial charge in [0.25, 0.3) is 5.56 Å². The summed E-state index contributed by atoms with van der Waals surface area (Å²) in [7, 11) is 1.72. The topological polar surface area (TPSA) is 115 Å². The third kappa shape index (κ3) is 6.45. The maximum Gasteiger partial charge on any atom is 0.490 e. The number of fused-ring (bicyclic) bond motifs is 1. The number of ether oxygens (including phenoxy) is 1. The second-order valence-electron chi connectivity index (χ2n) is 8.27. The average molecular weight is 499 g/mol. The first-order chi connectivity index (χ1) is 16.6. The normalized spacial score (nSPS) is 16.8. The number of carbonyl (C=O) groups is 1. The number of hydrogen-bond acceptors (Lipinski definition) is 7. The second kappa shape index (κ2) is 11.4. The van der Waals surface area contributed by atoms with E-state index >= 15 is 0 Å². The van der Waals surface area contributed by atoms with Gasteiger partial charge in [0, 0.05) is 33.2 Å². The second-order valence-corrected chi connectivity index (χ2v) is 8.27. The highest BCUT2D eigenvalue weighted by Gasteiger charge is 2.38. The Morgan fingerprint density at radius 2 is 1.83 bits per heavy atom. The Morgan fingerprint density at radius 3 is 2.40 bits per heavy atom. The largest absolute Gasteiger partial charge is 0.490 e. The molecular weight excluding hydrogens is 469 g/mol. The molecule has 0 amide bonds. The van der Waals surface area contributed by atoms with Crippen LogP contribution in [0.2, 0.25) is 0 Å². The van der Waals surface area contributed by atoms with Crippen LogP contribution in [0.3, 0.4) is 0 Å². The Labute approximate surface area is 200 Å². The van der Waals surface area contributed by atoms with Gasteiger partial charge in [-0.2, -0.15) is 23.1 Å². The molecule has 4 rings (SSSR count). The Bertz CT molecular complexity index is 1150. The number of aliphatic carboxylic acids is 1. The van der Waals surface area contributed by atoms with Crippen LogP contribution in [-0.4, -0.2) is 68.6 Å². The first-order valence-electron chi connectivity index (χ1n) is 11.4. The lowest BCUT2D eigenvalue weighted by Crippen LogP contribution is -2.44. The summed E-state index contributed by atoms with van der Waals surface area (Å²) in [6.45, 7) is 5.69. The van der Waals surface area contributed by atoms with Crippen LogP contribution in [0.1, 0.15) is 39.0 Å². The Kier molecular flexibility index (Phi) is 8.61. The maximum absolute atomic E-state index is 13.2. The number of nitrogens with zero attached hydrogens (tertiary/aromatic N) is 5. The summed E-state index contributed by atoms with van der Waals surface area (Å²) in [6.07, 6.45) is 0.657. The molecular formula is C22H29F3N6O4. The molecule has 0 unspecified atom stereocenters. The fraction of sp³-hybridized carbons (Fsp3) is 0.636. The van der Waals surface area contributed by atoms with Crippen molar-refractivity contribution in [3.63, 3.8) is 0 Å². The van der Waals surface area contributed by atoms with Crippen molar-refractivity contribution in [1.82, 2.24) is 24.4 Å². The summed E-state index contributed by atoms with van der Waals surface area (Å²) in [5.74, 6) is 4.00. The predicted molar refractivity (Wildman–Crippen MR) is 122 cm³/mol. The molecule has 1 saturated carbocycles. The number of anilines is 1. The van der Waals surface area contributed by atoms with Crippen molar-refractivity contribution in [2.24, 2.45) is 7.05 Å². The van der Waals surface area contributed by atoms with E-state index in [9.17, 15) is 18.0 Å². The number of piperazine rings is 1. The minimum atomic E-state index is -5.08. The number of carboxylic acid groups (broad SMARTS) is 1. The van der Waals surface area contributed by atoms with Crippen LogP contribution in [0, 0.1) is 11.8 Å². The van der Waals surface area contributed by atoms with Crippen LogP contribution >= 0.6 is 0 Å². The molecule has 192 valence electrons. The highest BCUT2D eigenvalue weighted by atomic mass is 19.4. The number of halogens is 3. The highest BCUT2D eigenvalue weighted by Crippen LogP contribution is 2.24. The minimum Gasteiger partial charge on any atom is -0.475 e. The van der Waals surface area contributed by atoms with Crippen molar-refractivity contribution in [3.05, 3.63) is 10.4 Å². The van der Waals surface area contributed by atoms with Gasteiger partial charge in [-0.1, -0.05) is 12.3 Å². The molecule has 35 heavy (non-hydrogen) atoms. The van der Waals surface area contributed by atoms with Gasteiger partial charge in [0.2, 0.25) is 5.95 Å². The Balaban J connectivity index is 0.000000429. The van der Waals surface area contributed by atoms with E-state index in [1.165, 1.54) is 11.0 Å². The summed E-state index contributed by atoms with van der Waals surface area (Å²) < 4.78 is 41.2. The third-order valence-electron chi connectivity index (χ3n) is 5.81. The van der Waals surface area contributed by atoms with E-state index in [0.717, 1.165) is 57.8 Å². The van der Waals surface area contributed by atoms with E-state index in [0.29, 0.717) is 23.7 Å². The van der Waals surface area contributed by atoms with Gasteiger partial charge in [0.15, 0.2) is 11.2 Å². The van der Waals surface area contributed by atoms with Crippen molar-refractivity contribution in [2.75, 3.05) is 31.1 Å². The van der Waals surface area contributed by atoms with E-state index < -0.39 is 12.1 Å². The number of nitrogens with one attached hydrogen (secondary N) is 1. The first kappa shape index (κ1) is 26.3. The molecule has 1 saturated heterocycles. The Morgan fingerprint density at radius 1 is 1.20 bits per heavy atom. The number of aromatic nitrogens is 4. The third-order valence-corrected chi connectivity index (χ3v) is 5.81. The van der Waals surface area contributed by atoms with Crippen molar-refractivity contribution < 1.29 is 27.8 Å². The summed E-state index contributed by atoms with van der Waals surface area (Å²) in [4.78, 5) is 33.6. The summed E-state index contributed by atoms with van der Waals surface area (Å²) in [5.41, 5.74) is 0.803. The molecule has 0 aromatic carbocycles. The van der Waals surface area contributed by atoms with Gasteiger partial charge in [-0.25, -0.2) is 4.79 Å².